The third kappa shape index (κ3) is 7.79. The summed E-state index contributed by atoms with van der Waals surface area (Å²) >= 11 is 0. The zero-order valence-corrected chi connectivity index (χ0v) is 20.4. The van der Waals surface area contributed by atoms with Gasteiger partial charge < -0.3 is 31.3 Å². The molecule has 1 aliphatic heterocycles. The Bertz CT molecular complexity index is 924. The predicted octanol–water partition coefficient (Wildman–Crippen LogP) is 0.851. The molecule has 0 spiro atoms. The summed E-state index contributed by atoms with van der Waals surface area (Å²) in [5, 5.41) is 8.24. The lowest BCUT2D eigenvalue weighted by Crippen LogP contribution is -2.52. The lowest BCUT2D eigenvalue weighted by Gasteiger charge is -2.25. The van der Waals surface area contributed by atoms with Crippen LogP contribution >= 0.6 is 0 Å². The van der Waals surface area contributed by atoms with E-state index in [9.17, 15) is 19.2 Å². The molecular weight excluding hydrogens is 438 g/mol. The number of hydrogen-bond donors (Lipinski definition) is 4. The van der Waals surface area contributed by atoms with Gasteiger partial charge in [0, 0.05) is 25.1 Å². The van der Waals surface area contributed by atoms with Crippen LogP contribution in [0, 0.1) is 0 Å². The Kier molecular flexibility index (Phi) is 9.47. The number of allylic oxidation sites excluding steroid dienone is 1. The molecule has 10 nitrogen and oxygen atoms in total. The maximum atomic E-state index is 13.2. The molecule has 3 unspecified atom stereocenters. The lowest BCUT2D eigenvalue weighted by atomic mass is 10.0. The minimum atomic E-state index is -0.961. The number of hydrogen-bond acceptors (Lipinski definition) is 5. The van der Waals surface area contributed by atoms with E-state index in [0.29, 0.717) is 5.75 Å². The number of nitrogens with zero attached hydrogens (tertiary/aromatic N) is 1. The number of primary amides is 1. The first-order chi connectivity index (χ1) is 16.0. The van der Waals surface area contributed by atoms with Gasteiger partial charge in [0.05, 0.1) is 13.2 Å². The third-order valence-electron chi connectivity index (χ3n) is 5.31. The predicted molar refractivity (Wildman–Crippen MR) is 128 cm³/mol. The monoisotopic (exact) mass is 473 g/mol. The summed E-state index contributed by atoms with van der Waals surface area (Å²) in [6.45, 7) is 7.41. The molecule has 0 saturated carbocycles. The van der Waals surface area contributed by atoms with Crippen molar-refractivity contribution in [2.45, 2.75) is 64.7 Å². The summed E-state index contributed by atoms with van der Waals surface area (Å²) in [6, 6.07) is 4.42. The van der Waals surface area contributed by atoms with E-state index in [2.05, 4.69) is 16.0 Å². The molecule has 1 fully saturated rings. The number of urea groups is 1. The molecule has 5 N–H and O–H groups in total. The molecule has 0 aliphatic carbocycles. The molecule has 1 aromatic rings. The number of likely N-dealkylation sites (tertiary alicyclic amines) is 1. The number of nitrogens with one attached hydrogen (secondary N) is 3. The number of benzene rings is 1. The number of methoxy groups -OCH3 is 1. The van der Waals surface area contributed by atoms with E-state index in [0.717, 1.165) is 11.1 Å². The van der Waals surface area contributed by atoms with E-state index < -0.39 is 29.9 Å². The summed E-state index contributed by atoms with van der Waals surface area (Å²) in [5.41, 5.74) is 7.13. The van der Waals surface area contributed by atoms with Crippen LogP contribution in [-0.2, 0) is 20.8 Å². The van der Waals surface area contributed by atoms with E-state index >= 15 is 0 Å². The molecule has 0 bridgehead atoms. The van der Waals surface area contributed by atoms with Gasteiger partial charge in [0.25, 0.3) is 0 Å². The molecule has 10 heteroatoms. The van der Waals surface area contributed by atoms with E-state index in [-0.39, 0.29) is 37.4 Å². The normalized spacial score (nSPS) is 18.1. The second-order valence-electron chi connectivity index (χ2n) is 8.95. The first-order valence-electron chi connectivity index (χ1n) is 11.2. The van der Waals surface area contributed by atoms with Crippen molar-refractivity contribution < 1.29 is 23.9 Å². The summed E-state index contributed by atoms with van der Waals surface area (Å²) in [7, 11) is 1.56. The third-order valence-corrected chi connectivity index (χ3v) is 5.31. The largest absolute Gasteiger partial charge is 0.497 e. The zero-order valence-electron chi connectivity index (χ0n) is 20.4. The van der Waals surface area contributed by atoms with Crippen LogP contribution in [0.3, 0.4) is 0 Å². The SMILES string of the molecule is COc1ccc(CC(NC(=O)C2CC(NC(=O)NC(C)C)CN2C(=O)C=C(C)C)C(N)=O)cc1. The molecule has 0 aromatic heterocycles. The number of amides is 5. The van der Waals surface area contributed by atoms with E-state index in [4.69, 9.17) is 10.5 Å². The molecule has 1 heterocycles. The minimum Gasteiger partial charge on any atom is -0.497 e. The van der Waals surface area contributed by atoms with Crippen LogP contribution in [0.2, 0.25) is 0 Å². The maximum absolute atomic E-state index is 13.2. The van der Waals surface area contributed by atoms with Crippen LogP contribution < -0.4 is 26.4 Å². The van der Waals surface area contributed by atoms with Crippen molar-refractivity contribution in [2.75, 3.05) is 13.7 Å². The molecule has 0 radical (unpaired) electrons. The van der Waals surface area contributed by atoms with E-state index in [1.807, 2.05) is 13.8 Å². The molecule has 186 valence electrons. The summed E-state index contributed by atoms with van der Waals surface area (Å²) in [5.74, 6) is -0.848. The average Bonchev–Trinajstić information content (AvgIpc) is 3.16. The maximum Gasteiger partial charge on any atom is 0.315 e. The van der Waals surface area contributed by atoms with Gasteiger partial charge in [0.1, 0.15) is 17.8 Å². The van der Waals surface area contributed by atoms with Gasteiger partial charge in [-0.15, -0.1) is 0 Å². The van der Waals surface area contributed by atoms with Crippen molar-refractivity contribution in [3.05, 3.63) is 41.5 Å². The molecule has 2 rings (SSSR count). The molecule has 34 heavy (non-hydrogen) atoms. The van der Waals surface area contributed by atoms with E-state index in [1.54, 1.807) is 45.2 Å². The van der Waals surface area contributed by atoms with Crippen molar-refractivity contribution in [1.82, 2.24) is 20.9 Å². The van der Waals surface area contributed by atoms with Crippen LogP contribution in [0.25, 0.3) is 0 Å². The quantitative estimate of drug-likeness (QED) is 0.393. The Morgan fingerprint density at radius 3 is 2.32 bits per heavy atom. The number of nitrogens with two attached hydrogens (primary N) is 1. The molecule has 1 aliphatic rings. The smallest absolute Gasteiger partial charge is 0.315 e. The fourth-order valence-electron chi connectivity index (χ4n) is 3.74. The number of ether oxygens (including phenoxy) is 1. The Morgan fingerprint density at radius 1 is 1.15 bits per heavy atom. The van der Waals surface area contributed by atoms with Crippen LogP contribution in [0.15, 0.2) is 35.9 Å². The standard InChI is InChI=1S/C24H35N5O5/c1-14(2)10-21(30)29-13-17(27-24(33)26-15(3)4)12-20(29)23(32)28-19(22(25)31)11-16-6-8-18(34-5)9-7-16/h6-10,15,17,19-20H,11-13H2,1-5H3,(H2,25,31)(H,28,32)(H2,26,27,33). The summed E-state index contributed by atoms with van der Waals surface area (Å²) in [4.78, 5) is 51.6. The van der Waals surface area contributed by atoms with Crippen molar-refractivity contribution >= 4 is 23.8 Å². The van der Waals surface area contributed by atoms with Gasteiger partial charge in [-0.25, -0.2) is 4.79 Å². The van der Waals surface area contributed by atoms with Crippen LogP contribution in [0.5, 0.6) is 5.75 Å². The van der Waals surface area contributed by atoms with Gasteiger partial charge in [-0.1, -0.05) is 17.7 Å². The number of carbonyl (C=O) groups is 4. The number of carbonyl (C=O) groups excluding carboxylic acids is 4. The highest BCUT2D eigenvalue weighted by Crippen LogP contribution is 2.20. The Hall–Kier alpha value is -3.56. The van der Waals surface area contributed by atoms with Crippen molar-refractivity contribution in [1.29, 1.82) is 0 Å². The first-order valence-corrected chi connectivity index (χ1v) is 11.2. The molecule has 3 atom stereocenters. The van der Waals surface area contributed by atoms with Crippen LogP contribution in [-0.4, -0.2) is 66.5 Å². The van der Waals surface area contributed by atoms with E-state index in [1.165, 1.54) is 11.0 Å². The highest BCUT2D eigenvalue weighted by atomic mass is 16.5. The fraction of sp³-hybridized carbons (Fsp3) is 0.500. The number of rotatable bonds is 9. The Balaban J connectivity index is 2.16. The highest BCUT2D eigenvalue weighted by molar-refractivity contribution is 5.95. The summed E-state index contributed by atoms with van der Waals surface area (Å²) < 4.78 is 5.14. The lowest BCUT2D eigenvalue weighted by molar-refractivity contribution is -0.136. The molecular formula is C24H35N5O5. The fourth-order valence-corrected chi connectivity index (χ4v) is 3.74. The van der Waals surface area contributed by atoms with Crippen LogP contribution in [0.1, 0.15) is 39.7 Å². The minimum absolute atomic E-state index is 0.0572. The van der Waals surface area contributed by atoms with Gasteiger partial charge >= 0.3 is 6.03 Å². The van der Waals surface area contributed by atoms with Gasteiger partial charge in [-0.05, 0) is 51.8 Å². The van der Waals surface area contributed by atoms with Gasteiger partial charge in [0.2, 0.25) is 17.7 Å². The van der Waals surface area contributed by atoms with Crippen molar-refractivity contribution in [2.24, 2.45) is 5.73 Å². The average molecular weight is 474 g/mol. The van der Waals surface area contributed by atoms with Crippen LogP contribution in [0.4, 0.5) is 4.79 Å². The molecule has 1 aromatic carbocycles. The first kappa shape index (κ1) is 26.7. The Morgan fingerprint density at radius 2 is 1.79 bits per heavy atom. The topological polar surface area (TPSA) is 143 Å². The summed E-state index contributed by atoms with van der Waals surface area (Å²) in [6.07, 6.45) is 1.85. The van der Waals surface area contributed by atoms with Gasteiger partial charge in [-0.2, -0.15) is 0 Å². The highest BCUT2D eigenvalue weighted by Gasteiger charge is 2.40. The van der Waals surface area contributed by atoms with Crippen molar-refractivity contribution in [3.8, 4) is 5.75 Å². The molecule has 1 saturated heterocycles. The van der Waals surface area contributed by atoms with Crippen molar-refractivity contribution in [3.63, 3.8) is 0 Å². The van der Waals surface area contributed by atoms with Gasteiger partial charge in [-0.3, -0.25) is 14.4 Å². The Labute approximate surface area is 200 Å². The zero-order chi connectivity index (χ0) is 25.4. The molecule has 5 amide bonds. The second kappa shape index (κ2) is 12.1. The second-order valence-corrected chi connectivity index (χ2v) is 8.95. The van der Waals surface area contributed by atoms with Gasteiger partial charge in [0.15, 0.2) is 0 Å².